The van der Waals surface area contributed by atoms with Gasteiger partial charge in [-0.25, -0.2) is 9.97 Å². The lowest BCUT2D eigenvalue weighted by molar-refractivity contribution is 1.08. The van der Waals surface area contributed by atoms with E-state index in [4.69, 9.17) is 5.73 Å². The van der Waals surface area contributed by atoms with Crippen molar-refractivity contribution in [1.82, 2.24) is 9.97 Å². The zero-order chi connectivity index (χ0) is 16.8. The highest BCUT2D eigenvalue weighted by Gasteiger charge is 2.13. The Morgan fingerprint density at radius 1 is 0.875 bits per heavy atom. The first kappa shape index (κ1) is 15.6. The molecule has 1 aromatic heterocycles. The molecule has 122 valence electrons. The van der Waals surface area contributed by atoms with Gasteiger partial charge in [-0.15, -0.1) is 0 Å². The number of para-hydroxylation sites is 2. The molecule has 0 fully saturated rings. The van der Waals surface area contributed by atoms with E-state index in [9.17, 15) is 0 Å². The summed E-state index contributed by atoms with van der Waals surface area (Å²) in [5.41, 5.74) is 11.9. The predicted octanol–water partition coefficient (Wildman–Crippen LogP) is 3.66. The second-order valence-corrected chi connectivity index (χ2v) is 5.13. The third-order valence-electron chi connectivity index (χ3n) is 3.47. The summed E-state index contributed by atoms with van der Waals surface area (Å²) in [6.07, 6.45) is 1.49. The number of anilines is 5. The van der Waals surface area contributed by atoms with Crippen LogP contribution < -0.4 is 21.5 Å². The zero-order valence-corrected chi connectivity index (χ0v) is 13.5. The van der Waals surface area contributed by atoms with Crippen LogP contribution in [0.4, 0.5) is 28.7 Å². The van der Waals surface area contributed by atoms with Crippen molar-refractivity contribution in [1.29, 1.82) is 0 Å². The lowest BCUT2D eigenvalue weighted by atomic mass is 10.2. The summed E-state index contributed by atoms with van der Waals surface area (Å²) < 4.78 is 0. The minimum atomic E-state index is 0.483. The maximum absolute atomic E-state index is 6.20. The van der Waals surface area contributed by atoms with Crippen LogP contribution in [0.25, 0.3) is 0 Å². The molecule has 1 heterocycles. The highest BCUT2D eigenvalue weighted by atomic mass is 15.5. The van der Waals surface area contributed by atoms with E-state index < -0.39 is 0 Å². The largest absolute Gasteiger partial charge is 0.393 e. The van der Waals surface area contributed by atoms with Crippen LogP contribution in [0.15, 0.2) is 67.0 Å². The van der Waals surface area contributed by atoms with Gasteiger partial charge in [0, 0.05) is 6.54 Å². The Morgan fingerprint density at radius 2 is 1.42 bits per heavy atom. The summed E-state index contributed by atoms with van der Waals surface area (Å²) in [6.45, 7) is 2.73. The number of nitrogens with zero attached hydrogens (tertiary/aromatic N) is 3. The summed E-state index contributed by atoms with van der Waals surface area (Å²) in [4.78, 5) is 8.46. The molecule has 4 N–H and O–H groups in total. The van der Waals surface area contributed by atoms with Crippen molar-refractivity contribution in [3.63, 3.8) is 0 Å². The van der Waals surface area contributed by atoms with Gasteiger partial charge in [-0.3, -0.25) is 10.4 Å². The normalized spacial score (nSPS) is 10.2. The van der Waals surface area contributed by atoms with Crippen LogP contribution in [0.3, 0.4) is 0 Å². The lowest BCUT2D eigenvalue weighted by Gasteiger charge is -2.26. The van der Waals surface area contributed by atoms with Crippen molar-refractivity contribution in [2.75, 3.05) is 28.0 Å². The third kappa shape index (κ3) is 3.38. The molecule has 0 aliphatic carbocycles. The van der Waals surface area contributed by atoms with Gasteiger partial charge in [0.2, 0.25) is 0 Å². The van der Waals surface area contributed by atoms with E-state index >= 15 is 0 Å². The number of nitrogens with one attached hydrogen (secondary N) is 2. The van der Waals surface area contributed by atoms with Crippen LogP contribution in [-0.4, -0.2) is 16.5 Å². The molecular weight excluding hydrogens is 300 g/mol. The van der Waals surface area contributed by atoms with Crippen molar-refractivity contribution in [2.45, 2.75) is 6.92 Å². The molecule has 3 rings (SSSR count). The first-order valence-corrected chi connectivity index (χ1v) is 7.81. The van der Waals surface area contributed by atoms with E-state index in [2.05, 4.69) is 20.7 Å². The number of hydrazine groups is 1. The van der Waals surface area contributed by atoms with Gasteiger partial charge in [-0.05, 0) is 31.2 Å². The van der Waals surface area contributed by atoms with Crippen molar-refractivity contribution in [3.8, 4) is 0 Å². The number of hydrogen-bond donors (Lipinski definition) is 3. The van der Waals surface area contributed by atoms with Gasteiger partial charge >= 0.3 is 0 Å². The van der Waals surface area contributed by atoms with E-state index in [0.717, 1.165) is 17.9 Å². The molecule has 0 bridgehead atoms. The molecule has 24 heavy (non-hydrogen) atoms. The van der Waals surface area contributed by atoms with Crippen LogP contribution in [0.1, 0.15) is 6.92 Å². The molecule has 3 aromatic rings. The van der Waals surface area contributed by atoms with Crippen molar-refractivity contribution >= 4 is 28.7 Å². The fourth-order valence-electron chi connectivity index (χ4n) is 2.33. The molecule has 0 atom stereocenters. The van der Waals surface area contributed by atoms with Gasteiger partial charge in [0.25, 0.3) is 0 Å². The summed E-state index contributed by atoms with van der Waals surface area (Å²) in [7, 11) is 0. The number of aromatic nitrogens is 2. The molecule has 2 aromatic carbocycles. The Balaban J connectivity index is 1.98. The summed E-state index contributed by atoms with van der Waals surface area (Å²) in [5.74, 6) is 1.17. The van der Waals surface area contributed by atoms with Crippen LogP contribution in [0, 0.1) is 0 Å². The Morgan fingerprint density at radius 3 is 1.96 bits per heavy atom. The molecule has 0 amide bonds. The molecule has 0 saturated heterocycles. The van der Waals surface area contributed by atoms with Crippen LogP contribution in [0.2, 0.25) is 0 Å². The van der Waals surface area contributed by atoms with Crippen LogP contribution >= 0.6 is 0 Å². The van der Waals surface area contributed by atoms with Gasteiger partial charge in [0.1, 0.15) is 12.0 Å². The van der Waals surface area contributed by atoms with E-state index in [-0.39, 0.29) is 0 Å². The third-order valence-corrected chi connectivity index (χ3v) is 3.47. The molecule has 0 saturated carbocycles. The second kappa shape index (κ2) is 7.32. The number of rotatable bonds is 6. The van der Waals surface area contributed by atoms with E-state index in [1.54, 1.807) is 0 Å². The molecule has 6 heteroatoms. The van der Waals surface area contributed by atoms with Gasteiger partial charge in [-0.1, -0.05) is 36.4 Å². The molecular formula is C18H20N6. The molecule has 6 nitrogen and oxygen atoms in total. The first-order valence-electron chi connectivity index (χ1n) is 7.81. The quantitative estimate of drug-likeness (QED) is 0.602. The fraction of sp³-hybridized carbons (Fsp3) is 0.111. The van der Waals surface area contributed by atoms with Crippen molar-refractivity contribution in [3.05, 3.63) is 67.0 Å². The number of hydrogen-bond acceptors (Lipinski definition) is 6. The lowest BCUT2D eigenvalue weighted by Crippen LogP contribution is -2.26. The van der Waals surface area contributed by atoms with E-state index in [1.807, 2.05) is 72.6 Å². The topological polar surface area (TPSA) is 79.1 Å². The molecule has 0 spiro atoms. The molecule has 0 radical (unpaired) electrons. The van der Waals surface area contributed by atoms with Crippen molar-refractivity contribution < 1.29 is 0 Å². The number of nitrogen functional groups attached to an aromatic ring is 1. The van der Waals surface area contributed by atoms with Crippen LogP contribution in [0.5, 0.6) is 0 Å². The molecule has 0 aliphatic heterocycles. The van der Waals surface area contributed by atoms with Gasteiger partial charge < -0.3 is 11.1 Å². The smallest absolute Gasteiger partial charge is 0.173 e. The Hall–Kier alpha value is -3.28. The monoisotopic (exact) mass is 320 g/mol. The minimum Gasteiger partial charge on any atom is -0.393 e. The molecule has 0 unspecified atom stereocenters. The predicted molar refractivity (Wildman–Crippen MR) is 99.3 cm³/mol. The standard InChI is InChI=1S/C18H20N6/c1-2-20-17-16(19)18(22-13-21-17)23-24(14-9-5-3-6-10-14)15-11-7-4-8-12-15/h3-13H,2,19H2,1H3,(H2,20,21,22,23). The van der Waals surface area contributed by atoms with E-state index in [1.165, 1.54) is 6.33 Å². The summed E-state index contributed by atoms with van der Waals surface area (Å²) in [6, 6.07) is 20.0. The second-order valence-electron chi connectivity index (χ2n) is 5.13. The van der Waals surface area contributed by atoms with Gasteiger partial charge in [-0.2, -0.15) is 0 Å². The number of nitrogens with two attached hydrogens (primary N) is 1. The maximum Gasteiger partial charge on any atom is 0.173 e. The van der Waals surface area contributed by atoms with E-state index in [0.29, 0.717) is 17.3 Å². The van der Waals surface area contributed by atoms with Gasteiger partial charge in [0.15, 0.2) is 11.6 Å². The fourth-order valence-corrected chi connectivity index (χ4v) is 2.33. The highest BCUT2D eigenvalue weighted by molar-refractivity contribution is 5.77. The van der Waals surface area contributed by atoms with Gasteiger partial charge in [0.05, 0.1) is 11.4 Å². The first-order chi connectivity index (χ1) is 11.8. The molecule has 0 aliphatic rings. The Kier molecular flexibility index (Phi) is 4.76. The highest BCUT2D eigenvalue weighted by Crippen LogP contribution is 2.29. The SMILES string of the molecule is CCNc1ncnc(NN(c2ccccc2)c2ccccc2)c1N. The summed E-state index contributed by atoms with van der Waals surface area (Å²) in [5, 5.41) is 5.07. The van der Waals surface area contributed by atoms with Crippen LogP contribution in [-0.2, 0) is 0 Å². The Bertz CT molecular complexity index is 737. The maximum atomic E-state index is 6.20. The average molecular weight is 320 g/mol. The van der Waals surface area contributed by atoms with Crippen molar-refractivity contribution in [2.24, 2.45) is 0 Å². The zero-order valence-electron chi connectivity index (χ0n) is 13.5. The Labute approximate surface area is 141 Å². The minimum absolute atomic E-state index is 0.483. The summed E-state index contributed by atoms with van der Waals surface area (Å²) >= 11 is 0. The number of benzene rings is 2. The average Bonchev–Trinajstić information content (AvgIpc) is 2.64.